The molecule has 0 unspecified atom stereocenters. The molecule has 17 heavy (non-hydrogen) atoms. The summed E-state index contributed by atoms with van der Waals surface area (Å²) in [6, 6.07) is 6.84. The minimum Gasteiger partial charge on any atom is -0.340 e. The maximum absolute atomic E-state index is 5.89. The van der Waals surface area contributed by atoms with Gasteiger partial charge in [0.25, 0.3) is 0 Å². The summed E-state index contributed by atoms with van der Waals surface area (Å²) >= 11 is 11.8. The number of nitrogens with two attached hydrogens (primary N) is 1. The number of anilines is 3. The Bertz CT molecular complexity index is 512. The molecule has 0 aliphatic rings. The van der Waals surface area contributed by atoms with E-state index in [4.69, 9.17) is 29.0 Å². The lowest BCUT2D eigenvalue weighted by Gasteiger charge is -2.07. The summed E-state index contributed by atoms with van der Waals surface area (Å²) in [6.45, 7) is 0. The molecule has 2 aromatic rings. The zero-order valence-electron chi connectivity index (χ0n) is 8.61. The number of rotatable bonds is 3. The van der Waals surface area contributed by atoms with Gasteiger partial charge in [0.1, 0.15) is 5.82 Å². The second-order valence-electron chi connectivity index (χ2n) is 3.19. The topological polar surface area (TPSA) is 75.9 Å². The second-order valence-corrected chi connectivity index (χ2v) is 4.07. The molecule has 1 heterocycles. The molecule has 7 heteroatoms. The third-order valence-corrected chi connectivity index (χ3v) is 2.36. The second kappa shape index (κ2) is 5.18. The van der Waals surface area contributed by atoms with Crippen LogP contribution >= 0.6 is 23.2 Å². The van der Waals surface area contributed by atoms with Crippen molar-refractivity contribution in [3.05, 3.63) is 40.5 Å². The number of nitrogens with zero attached hydrogens (tertiary/aromatic N) is 2. The van der Waals surface area contributed by atoms with Crippen LogP contribution < -0.4 is 16.6 Å². The van der Waals surface area contributed by atoms with Gasteiger partial charge in [-0.3, -0.25) is 5.43 Å². The summed E-state index contributed by atoms with van der Waals surface area (Å²) in [6.07, 6.45) is 1.58. The molecule has 0 spiro atoms. The van der Waals surface area contributed by atoms with Gasteiger partial charge in [-0.25, -0.2) is 10.8 Å². The van der Waals surface area contributed by atoms with Crippen LogP contribution in [0.3, 0.4) is 0 Å². The number of hydrogen-bond acceptors (Lipinski definition) is 5. The van der Waals surface area contributed by atoms with Gasteiger partial charge in [0.15, 0.2) is 0 Å². The van der Waals surface area contributed by atoms with E-state index in [1.54, 1.807) is 30.5 Å². The highest BCUT2D eigenvalue weighted by atomic mass is 35.5. The first-order chi connectivity index (χ1) is 8.17. The Hall–Kier alpha value is -1.56. The summed E-state index contributed by atoms with van der Waals surface area (Å²) in [5.74, 6) is 6.13. The molecule has 2 rings (SSSR count). The van der Waals surface area contributed by atoms with Gasteiger partial charge >= 0.3 is 0 Å². The number of hydrogen-bond donors (Lipinski definition) is 3. The van der Waals surface area contributed by atoms with Crippen LogP contribution in [0.25, 0.3) is 0 Å². The van der Waals surface area contributed by atoms with Crippen molar-refractivity contribution in [2.45, 2.75) is 0 Å². The van der Waals surface area contributed by atoms with Gasteiger partial charge in [-0.1, -0.05) is 23.2 Å². The zero-order chi connectivity index (χ0) is 12.3. The van der Waals surface area contributed by atoms with Crippen LogP contribution in [0.5, 0.6) is 0 Å². The average Bonchev–Trinajstić information content (AvgIpc) is 2.28. The molecule has 0 radical (unpaired) electrons. The highest BCUT2D eigenvalue weighted by Crippen LogP contribution is 2.24. The molecule has 0 saturated heterocycles. The quantitative estimate of drug-likeness (QED) is 0.590. The van der Waals surface area contributed by atoms with E-state index in [-0.39, 0.29) is 0 Å². The van der Waals surface area contributed by atoms with Crippen LogP contribution in [0.4, 0.5) is 17.5 Å². The molecule has 0 fully saturated rings. The fourth-order valence-electron chi connectivity index (χ4n) is 1.27. The Kier molecular flexibility index (Phi) is 3.63. The van der Waals surface area contributed by atoms with E-state index in [9.17, 15) is 0 Å². The van der Waals surface area contributed by atoms with Gasteiger partial charge < -0.3 is 5.32 Å². The van der Waals surface area contributed by atoms with E-state index in [1.807, 2.05) is 0 Å². The standard InChI is InChI=1S/C10H9Cl2N5/c11-6-3-7(12)5-8(4-6)15-9-1-2-14-10(16-9)17-13/h1-5H,13H2,(H2,14,15,16,17). The normalized spacial score (nSPS) is 10.1. The largest absolute Gasteiger partial charge is 0.340 e. The molecule has 1 aromatic carbocycles. The van der Waals surface area contributed by atoms with Crippen LogP contribution in [-0.2, 0) is 0 Å². The molecule has 0 amide bonds. The molecule has 0 saturated carbocycles. The third-order valence-electron chi connectivity index (χ3n) is 1.92. The molecule has 0 bridgehead atoms. The lowest BCUT2D eigenvalue weighted by atomic mass is 10.3. The number of aromatic nitrogens is 2. The molecule has 0 atom stereocenters. The zero-order valence-corrected chi connectivity index (χ0v) is 10.1. The number of benzene rings is 1. The first-order valence-electron chi connectivity index (χ1n) is 4.70. The van der Waals surface area contributed by atoms with Crippen molar-refractivity contribution in [3.8, 4) is 0 Å². The van der Waals surface area contributed by atoms with E-state index >= 15 is 0 Å². The van der Waals surface area contributed by atoms with Crippen molar-refractivity contribution >= 4 is 40.7 Å². The lowest BCUT2D eigenvalue weighted by Crippen LogP contribution is -2.10. The van der Waals surface area contributed by atoms with Crippen LogP contribution in [0.1, 0.15) is 0 Å². The SMILES string of the molecule is NNc1nccc(Nc2cc(Cl)cc(Cl)c2)n1. The molecule has 0 aliphatic heterocycles. The van der Waals surface area contributed by atoms with Gasteiger partial charge in [-0.15, -0.1) is 0 Å². The fourth-order valence-corrected chi connectivity index (χ4v) is 1.80. The minimum absolute atomic E-state index is 0.322. The van der Waals surface area contributed by atoms with Crippen molar-refractivity contribution in [2.75, 3.05) is 10.7 Å². The van der Waals surface area contributed by atoms with E-state index in [0.29, 0.717) is 21.8 Å². The molecule has 1 aromatic heterocycles. The summed E-state index contributed by atoms with van der Waals surface area (Å²) in [5.41, 5.74) is 3.10. The first-order valence-corrected chi connectivity index (χ1v) is 5.46. The minimum atomic E-state index is 0.322. The van der Waals surface area contributed by atoms with Crippen LogP contribution in [-0.4, -0.2) is 9.97 Å². The van der Waals surface area contributed by atoms with Gasteiger partial charge in [-0.05, 0) is 24.3 Å². The van der Waals surface area contributed by atoms with Crippen LogP contribution in [0.2, 0.25) is 10.0 Å². The molecule has 5 nitrogen and oxygen atoms in total. The van der Waals surface area contributed by atoms with E-state index in [0.717, 1.165) is 5.69 Å². The molecule has 88 valence electrons. The summed E-state index contributed by atoms with van der Waals surface area (Å²) in [5, 5.41) is 4.14. The van der Waals surface area contributed by atoms with Gasteiger partial charge in [0.05, 0.1) is 0 Å². The Morgan fingerprint density at radius 1 is 1.12 bits per heavy atom. The molecule has 0 aliphatic carbocycles. The van der Waals surface area contributed by atoms with Crippen molar-refractivity contribution < 1.29 is 0 Å². The third kappa shape index (κ3) is 3.20. The smallest absolute Gasteiger partial charge is 0.239 e. The Labute approximate surface area is 108 Å². The fraction of sp³-hybridized carbons (Fsp3) is 0. The van der Waals surface area contributed by atoms with Gasteiger partial charge in [0, 0.05) is 21.9 Å². The first kappa shape index (κ1) is 11.9. The van der Waals surface area contributed by atoms with Crippen molar-refractivity contribution in [2.24, 2.45) is 5.84 Å². The number of nitrogen functional groups attached to an aromatic ring is 1. The van der Waals surface area contributed by atoms with Crippen LogP contribution in [0.15, 0.2) is 30.5 Å². The summed E-state index contributed by atoms with van der Waals surface area (Å²) in [4.78, 5) is 8.00. The van der Waals surface area contributed by atoms with Crippen molar-refractivity contribution in [1.82, 2.24) is 9.97 Å². The maximum Gasteiger partial charge on any atom is 0.239 e. The van der Waals surface area contributed by atoms with Crippen molar-refractivity contribution in [1.29, 1.82) is 0 Å². The predicted octanol–water partition coefficient (Wildman–Crippen LogP) is 2.81. The van der Waals surface area contributed by atoms with Crippen molar-refractivity contribution in [3.63, 3.8) is 0 Å². The van der Waals surface area contributed by atoms with Gasteiger partial charge in [0.2, 0.25) is 5.95 Å². The van der Waals surface area contributed by atoms with E-state index in [1.165, 1.54) is 0 Å². The summed E-state index contributed by atoms with van der Waals surface area (Å²) < 4.78 is 0. The monoisotopic (exact) mass is 269 g/mol. The number of nitrogens with one attached hydrogen (secondary N) is 2. The average molecular weight is 270 g/mol. The molecular formula is C10H9Cl2N5. The molecule has 4 N–H and O–H groups in total. The Morgan fingerprint density at radius 3 is 2.47 bits per heavy atom. The van der Waals surface area contributed by atoms with E-state index in [2.05, 4.69) is 20.7 Å². The lowest BCUT2D eigenvalue weighted by molar-refractivity contribution is 1.12. The number of halogens is 2. The predicted molar refractivity (Wildman–Crippen MR) is 69.6 cm³/mol. The van der Waals surface area contributed by atoms with E-state index < -0.39 is 0 Å². The number of hydrazine groups is 1. The van der Waals surface area contributed by atoms with Gasteiger partial charge in [-0.2, -0.15) is 4.98 Å². The maximum atomic E-state index is 5.89. The Morgan fingerprint density at radius 2 is 1.82 bits per heavy atom. The Balaban J connectivity index is 2.24. The summed E-state index contributed by atoms with van der Waals surface area (Å²) in [7, 11) is 0. The highest BCUT2D eigenvalue weighted by molar-refractivity contribution is 6.35. The van der Waals surface area contributed by atoms with Crippen LogP contribution in [0, 0.1) is 0 Å². The molecular weight excluding hydrogens is 261 g/mol. The highest BCUT2D eigenvalue weighted by Gasteiger charge is 2.01.